The minimum absolute atomic E-state index is 0.0149. The van der Waals surface area contributed by atoms with E-state index >= 15 is 0 Å². The first-order valence-corrected chi connectivity index (χ1v) is 21.3. The molecule has 0 bridgehead atoms. The second-order valence-corrected chi connectivity index (χ2v) is 16.6. The number of rotatable bonds is 20. The van der Waals surface area contributed by atoms with Crippen molar-refractivity contribution in [1.82, 2.24) is 10.2 Å². The van der Waals surface area contributed by atoms with E-state index < -0.39 is 34.4 Å². The van der Waals surface area contributed by atoms with E-state index in [1.54, 1.807) is 41.3 Å². The molecule has 0 saturated heterocycles. The predicted octanol–water partition coefficient (Wildman–Crippen LogP) is 8.09. The monoisotopic (exact) mass is 830 g/mol. The Bertz CT molecular complexity index is 1900. The number of aliphatic hydroxyl groups excluding tert-OH is 2. The van der Waals surface area contributed by atoms with Gasteiger partial charge in [0, 0.05) is 62.4 Å². The Morgan fingerprint density at radius 3 is 2.43 bits per heavy atom. The molecule has 1 heterocycles. The number of nitrogens with one attached hydrogen (secondary N) is 1. The average Bonchev–Trinajstić information content (AvgIpc) is 3.21. The number of hydrogen-bond donors (Lipinski definition) is 3. The molecule has 2 aromatic rings. The second-order valence-electron chi connectivity index (χ2n) is 16.6. The molecule has 0 aromatic heterocycles. The molecule has 3 aliphatic rings. The molecule has 1 saturated carbocycles. The number of fused-ring (bicyclic) bond motifs is 2. The number of carbonyl (C=O) groups is 2. The third-order valence-corrected chi connectivity index (χ3v) is 11.3. The molecule has 0 radical (unpaired) electrons. The summed E-state index contributed by atoms with van der Waals surface area (Å²) in [7, 11) is 0. The van der Waals surface area contributed by atoms with Gasteiger partial charge in [0.05, 0.1) is 23.2 Å². The number of allylic oxidation sites excluding steroid dienone is 1. The van der Waals surface area contributed by atoms with Crippen LogP contribution in [0.5, 0.6) is 11.5 Å². The maximum absolute atomic E-state index is 14.6. The smallest absolute Gasteiger partial charge is 0.412 e. The van der Waals surface area contributed by atoms with Crippen molar-refractivity contribution in [1.29, 1.82) is 0 Å². The molecular formula is C46H62N4O10. The Balaban J connectivity index is 1.76. The minimum Gasteiger partial charge on any atom is -0.459 e. The summed E-state index contributed by atoms with van der Waals surface area (Å²) in [6.45, 7) is 14.5. The van der Waals surface area contributed by atoms with Gasteiger partial charge in [0.15, 0.2) is 0 Å². The lowest BCUT2D eigenvalue weighted by molar-refractivity contribution is -0.384. The van der Waals surface area contributed by atoms with Gasteiger partial charge in [-0.15, -0.1) is 6.58 Å². The van der Waals surface area contributed by atoms with E-state index in [9.17, 15) is 29.9 Å². The van der Waals surface area contributed by atoms with Crippen LogP contribution >= 0.6 is 0 Å². The first kappa shape index (κ1) is 46.0. The summed E-state index contributed by atoms with van der Waals surface area (Å²) in [5.41, 5.74) is 2.33. The number of hydrogen-bond acceptors (Lipinski definition) is 11. The quantitative estimate of drug-likeness (QED) is 0.0388. The number of aliphatic hydroxyl groups is 2. The van der Waals surface area contributed by atoms with Gasteiger partial charge in [0.25, 0.3) is 5.69 Å². The summed E-state index contributed by atoms with van der Waals surface area (Å²) < 4.78 is 20.0. The van der Waals surface area contributed by atoms with E-state index in [2.05, 4.69) is 18.0 Å². The van der Waals surface area contributed by atoms with Gasteiger partial charge in [0.1, 0.15) is 23.1 Å². The zero-order valence-corrected chi connectivity index (χ0v) is 35.6. The molecule has 0 spiro atoms. The number of unbranched alkanes of at least 4 members (excludes halogenated alkanes) is 2. The lowest BCUT2D eigenvalue weighted by Crippen LogP contribution is -2.70. The Hall–Kier alpha value is -5.05. The van der Waals surface area contributed by atoms with Crippen LogP contribution < -0.4 is 14.8 Å². The summed E-state index contributed by atoms with van der Waals surface area (Å²) in [6, 6.07) is 10.6. The highest BCUT2D eigenvalue weighted by Crippen LogP contribution is 2.62. The number of nitro benzene ring substituents is 1. The molecule has 3 N–H and O–H groups in total. The van der Waals surface area contributed by atoms with Crippen LogP contribution in [0.3, 0.4) is 0 Å². The van der Waals surface area contributed by atoms with Crippen molar-refractivity contribution in [2.75, 3.05) is 32.9 Å². The van der Waals surface area contributed by atoms with Gasteiger partial charge in [0.2, 0.25) is 11.7 Å². The van der Waals surface area contributed by atoms with Crippen LogP contribution in [0.2, 0.25) is 0 Å². The van der Waals surface area contributed by atoms with Crippen molar-refractivity contribution in [2.24, 2.45) is 22.9 Å². The number of carbonyl (C=O) groups excluding carboxylic acids is 2. The molecule has 326 valence electrons. The number of amides is 2. The fourth-order valence-corrected chi connectivity index (χ4v) is 8.82. The average molecular weight is 831 g/mol. The maximum Gasteiger partial charge on any atom is 0.412 e. The van der Waals surface area contributed by atoms with Crippen LogP contribution in [0.1, 0.15) is 103 Å². The predicted molar refractivity (Wildman–Crippen MR) is 230 cm³/mol. The molecule has 2 amide bonds. The molecule has 14 heteroatoms. The van der Waals surface area contributed by atoms with Crippen LogP contribution in [0.15, 0.2) is 78.0 Å². The number of nitro groups is 1. The van der Waals surface area contributed by atoms with Crippen molar-refractivity contribution in [3.8, 4) is 11.5 Å². The molecule has 1 aliphatic heterocycles. The number of nitrogens with zero attached hydrogens (tertiary/aromatic N) is 3. The summed E-state index contributed by atoms with van der Waals surface area (Å²) in [5.74, 6) is -1.71. The van der Waals surface area contributed by atoms with E-state index in [1.807, 2.05) is 40.7 Å². The van der Waals surface area contributed by atoms with Crippen LogP contribution in [0.4, 0.5) is 10.5 Å². The van der Waals surface area contributed by atoms with Crippen LogP contribution in [0, 0.1) is 27.9 Å². The minimum atomic E-state index is -1.46. The van der Waals surface area contributed by atoms with Crippen molar-refractivity contribution in [3.05, 3.63) is 94.1 Å². The summed E-state index contributed by atoms with van der Waals surface area (Å²) in [6.07, 6.45) is 11.6. The van der Waals surface area contributed by atoms with Gasteiger partial charge in [-0.3, -0.25) is 14.9 Å². The fourth-order valence-electron chi connectivity index (χ4n) is 8.82. The highest BCUT2D eigenvalue weighted by Gasteiger charge is 2.65. The molecule has 14 nitrogen and oxygen atoms in total. The highest BCUT2D eigenvalue weighted by atomic mass is 16.7. The molecule has 6 atom stereocenters. The molecule has 5 rings (SSSR count). The highest BCUT2D eigenvalue weighted by molar-refractivity contribution is 6.03. The number of benzene rings is 2. The van der Waals surface area contributed by atoms with E-state index in [0.29, 0.717) is 55.1 Å². The maximum atomic E-state index is 14.6. The van der Waals surface area contributed by atoms with Gasteiger partial charge in [-0.05, 0) is 119 Å². The largest absolute Gasteiger partial charge is 0.459 e. The van der Waals surface area contributed by atoms with E-state index in [4.69, 9.17) is 24.2 Å². The van der Waals surface area contributed by atoms with Crippen molar-refractivity contribution in [2.45, 2.75) is 109 Å². The van der Waals surface area contributed by atoms with Gasteiger partial charge in [-0.2, -0.15) is 0 Å². The van der Waals surface area contributed by atoms with Gasteiger partial charge >= 0.3 is 6.09 Å². The van der Waals surface area contributed by atoms with Gasteiger partial charge in [-0.25, -0.2) is 4.79 Å². The molecule has 1 fully saturated rings. The van der Waals surface area contributed by atoms with Crippen molar-refractivity contribution >= 4 is 29.5 Å². The summed E-state index contributed by atoms with van der Waals surface area (Å²) in [4.78, 5) is 46.1. The second kappa shape index (κ2) is 21.0. The molecule has 2 aliphatic carbocycles. The van der Waals surface area contributed by atoms with Crippen LogP contribution in [0.25, 0.3) is 6.08 Å². The van der Waals surface area contributed by atoms with Crippen molar-refractivity contribution in [3.63, 3.8) is 0 Å². The lowest BCUT2D eigenvalue weighted by atomic mass is 9.55. The molecular weight excluding hydrogens is 769 g/mol. The van der Waals surface area contributed by atoms with Crippen LogP contribution in [-0.2, 0) is 14.4 Å². The van der Waals surface area contributed by atoms with E-state index in [-0.39, 0.29) is 55.6 Å². The Labute approximate surface area is 353 Å². The SMILES string of the molecule is C=CCOC12Oc3ccc(OC(=O)NCC)cc3C3C(CCCCO)C(CCCCO)C=C(C(=NOC(C)(C)C)CC1N(CCC)C(=O)C=Cc1ccc([N+](=O)[O-])cc1)C32. The Morgan fingerprint density at radius 2 is 1.80 bits per heavy atom. The van der Waals surface area contributed by atoms with Crippen LogP contribution in [-0.4, -0.2) is 88.1 Å². The Kier molecular flexibility index (Phi) is 16.1. The number of oxime groups is 1. The standard InChI is InChI=1S/C46H62N4O10/c1-7-24-49(41(53)23-18-31-16-19-33(20-17-31)50(55)56)40-30-38(48-60-45(4,5)6)36-28-32(14-10-12-25-51)35(15-11-13-26-52)42-37-29-34(58-44(54)47-9-3)21-22-39(37)59-46(40,43(36)42)57-27-8-2/h8,16-23,28-29,32,35,40,42-43,51-52H,2,7,9-15,24-27,30H2,1,3-6H3,(H,47,54). The number of non-ortho nitro benzene ring substituents is 1. The van der Waals surface area contributed by atoms with Gasteiger partial charge in [-0.1, -0.05) is 37.1 Å². The lowest BCUT2D eigenvalue weighted by Gasteiger charge is -2.60. The Morgan fingerprint density at radius 1 is 1.08 bits per heavy atom. The third kappa shape index (κ3) is 10.8. The number of ether oxygens (including phenoxy) is 3. The zero-order valence-electron chi connectivity index (χ0n) is 35.6. The van der Waals surface area contributed by atoms with E-state index in [1.165, 1.54) is 18.2 Å². The first-order chi connectivity index (χ1) is 28.8. The molecule has 60 heavy (non-hydrogen) atoms. The molecule has 6 unspecified atom stereocenters. The van der Waals surface area contributed by atoms with Gasteiger partial charge < -0.3 is 39.5 Å². The topological polar surface area (TPSA) is 182 Å². The van der Waals surface area contributed by atoms with Crippen molar-refractivity contribution < 1.29 is 43.8 Å². The van der Waals surface area contributed by atoms with E-state index in [0.717, 1.165) is 36.8 Å². The molecule has 2 aromatic carbocycles. The fraction of sp³-hybridized carbons (Fsp3) is 0.543. The zero-order chi connectivity index (χ0) is 43.5. The summed E-state index contributed by atoms with van der Waals surface area (Å²) >= 11 is 0. The normalized spacial score (nSPS) is 23.8. The summed E-state index contributed by atoms with van der Waals surface area (Å²) in [5, 5.41) is 38.6. The first-order valence-electron chi connectivity index (χ1n) is 21.3. The third-order valence-electron chi connectivity index (χ3n) is 11.3.